The Kier molecular flexibility index (Phi) is 3.54. The second-order valence-corrected chi connectivity index (χ2v) is 5.24. The molecule has 94 valence electrons. The highest BCUT2D eigenvalue weighted by Gasteiger charge is 2.44. The van der Waals surface area contributed by atoms with Gasteiger partial charge in [0.1, 0.15) is 0 Å². The molecule has 0 bridgehead atoms. The normalized spacial score (nSPS) is 16.7. The molecule has 0 unspecified atom stereocenters. The minimum absolute atomic E-state index is 0.178. The van der Waals surface area contributed by atoms with Crippen molar-refractivity contribution < 1.29 is 9.47 Å². The molecule has 0 atom stereocenters. The van der Waals surface area contributed by atoms with Gasteiger partial charge in [-0.05, 0) is 36.8 Å². The molecular weight excluding hydrogens is 234 g/mol. The average Bonchev–Trinajstić information content (AvgIpc) is 3.18. The van der Waals surface area contributed by atoms with Crippen molar-refractivity contribution in [3.63, 3.8) is 0 Å². The average molecular weight is 253 g/mol. The van der Waals surface area contributed by atoms with Gasteiger partial charge in [0.05, 0.1) is 14.2 Å². The van der Waals surface area contributed by atoms with Crippen molar-refractivity contribution in [2.45, 2.75) is 23.2 Å². The summed E-state index contributed by atoms with van der Waals surface area (Å²) in [6, 6.07) is 4.14. The lowest BCUT2D eigenvalue weighted by Crippen LogP contribution is -2.20. The Bertz CT molecular complexity index is 416. The quantitative estimate of drug-likeness (QED) is 0.819. The Morgan fingerprint density at radius 3 is 2.24 bits per heavy atom. The molecule has 17 heavy (non-hydrogen) atoms. The molecular formula is C13H19NO2S. The van der Waals surface area contributed by atoms with E-state index in [2.05, 4.69) is 18.4 Å². The summed E-state index contributed by atoms with van der Waals surface area (Å²) in [6.45, 7) is 0.704. The summed E-state index contributed by atoms with van der Waals surface area (Å²) in [5.41, 5.74) is 7.39. The zero-order valence-corrected chi connectivity index (χ0v) is 11.4. The lowest BCUT2D eigenvalue weighted by Gasteiger charge is -2.19. The van der Waals surface area contributed by atoms with Gasteiger partial charge >= 0.3 is 0 Å². The Hall–Kier alpha value is -0.870. The van der Waals surface area contributed by atoms with E-state index in [1.54, 1.807) is 26.0 Å². The highest BCUT2D eigenvalue weighted by molar-refractivity contribution is 7.98. The lowest BCUT2D eigenvalue weighted by molar-refractivity contribution is 0.353. The van der Waals surface area contributed by atoms with Gasteiger partial charge in [-0.25, -0.2) is 0 Å². The number of ether oxygens (including phenoxy) is 2. The first-order valence-corrected chi connectivity index (χ1v) is 6.94. The second-order valence-electron chi connectivity index (χ2n) is 4.39. The van der Waals surface area contributed by atoms with Crippen LogP contribution in [0.2, 0.25) is 0 Å². The van der Waals surface area contributed by atoms with E-state index in [4.69, 9.17) is 15.2 Å². The van der Waals surface area contributed by atoms with Gasteiger partial charge in [-0.3, -0.25) is 0 Å². The summed E-state index contributed by atoms with van der Waals surface area (Å²) in [5.74, 6) is 1.58. The molecule has 2 rings (SSSR count). The number of hydrogen-bond donors (Lipinski definition) is 1. The van der Waals surface area contributed by atoms with Gasteiger partial charge < -0.3 is 15.2 Å². The summed E-state index contributed by atoms with van der Waals surface area (Å²) in [5, 5.41) is 0. The predicted molar refractivity (Wildman–Crippen MR) is 71.3 cm³/mol. The van der Waals surface area contributed by atoms with Crippen LogP contribution >= 0.6 is 11.8 Å². The highest BCUT2D eigenvalue weighted by Crippen LogP contribution is 2.52. The molecule has 0 aliphatic heterocycles. The van der Waals surface area contributed by atoms with Crippen molar-refractivity contribution in [3.05, 3.63) is 17.7 Å². The first kappa shape index (κ1) is 12.6. The van der Waals surface area contributed by atoms with Crippen LogP contribution in [0, 0.1) is 0 Å². The minimum Gasteiger partial charge on any atom is -0.493 e. The fraction of sp³-hybridized carbons (Fsp3) is 0.538. The van der Waals surface area contributed by atoms with Crippen LogP contribution in [0.3, 0.4) is 0 Å². The summed E-state index contributed by atoms with van der Waals surface area (Å²) in [4.78, 5) is 1.24. The summed E-state index contributed by atoms with van der Waals surface area (Å²) in [7, 11) is 3.33. The van der Waals surface area contributed by atoms with Crippen LogP contribution < -0.4 is 15.2 Å². The Morgan fingerprint density at radius 1 is 1.24 bits per heavy atom. The van der Waals surface area contributed by atoms with Crippen molar-refractivity contribution in [2.75, 3.05) is 27.0 Å². The molecule has 1 aromatic carbocycles. The third kappa shape index (κ3) is 2.11. The van der Waals surface area contributed by atoms with Crippen molar-refractivity contribution in [2.24, 2.45) is 5.73 Å². The predicted octanol–water partition coefficient (Wildman–Crippen LogP) is 2.42. The maximum atomic E-state index is 5.91. The minimum atomic E-state index is 0.178. The van der Waals surface area contributed by atoms with Gasteiger partial charge in [0, 0.05) is 16.9 Å². The van der Waals surface area contributed by atoms with E-state index in [0.717, 1.165) is 11.5 Å². The van der Waals surface area contributed by atoms with Crippen molar-refractivity contribution in [3.8, 4) is 11.5 Å². The van der Waals surface area contributed by atoms with E-state index >= 15 is 0 Å². The Balaban J connectivity index is 2.50. The molecule has 1 aromatic rings. The first-order chi connectivity index (χ1) is 8.20. The zero-order chi connectivity index (χ0) is 12.5. The number of methoxy groups -OCH3 is 2. The van der Waals surface area contributed by atoms with Gasteiger partial charge in [0.15, 0.2) is 11.5 Å². The zero-order valence-electron chi connectivity index (χ0n) is 10.6. The van der Waals surface area contributed by atoms with E-state index in [-0.39, 0.29) is 5.41 Å². The number of rotatable bonds is 5. The van der Waals surface area contributed by atoms with Gasteiger partial charge in [-0.15, -0.1) is 11.8 Å². The maximum Gasteiger partial charge on any atom is 0.161 e. The fourth-order valence-corrected chi connectivity index (χ4v) is 2.90. The smallest absolute Gasteiger partial charge is 0.161 e. The molecule has 0 heterocycles. The van der Waals surface area contributed by atoms with Crippen LogP contribution in [-0.2, 0) is 5.41 Å². The summed E-state index contributed by atoms with van der Waals surface area (Å²) < 4.78 is 10.7. The second kappa shape index (κ2) is 4.78. The standard InChI is InChI=1S/C13H19NO2S/c1-15-10-6-9(13(8-14)4-5-13)12(17-3)7-11(10)16-2/h6-7H,4-5,8,14H2,1-3H3. The molecule has 3 nitrogen and oxygen atoms in total. The summed E-state index contributed by atoms with van der Waals surface area (Å²) in [6.07, 6.45) is 4.43. The molecule has 1 saturated carbocycles. The van der Waals surface area contributed by atoms with E-state index in [1.807, 2.05) is 0 Å². The maximum absolute atomic E-state index is 5.91. The van der Waals surface area contributed by atoms with Crippen LogP contribution in [0.25, 0.3) is 0 Å². The molecule has 0 radical (unpaired) electrons. The molecule has 0 spiro atoms. The Labute approximate surface area is 107 Å². The number of nitrogens with two attached hydrogens (primary N) is 1. The lowest BCUT2D eigenvalue weighted by atomic mass is 9.95. The molecule has 4 heteroatoms. The van der Waals surface area contributed by atoms with Crippen LogP contribution in [-0.4, -0.2) is 27.0 Å². The van der Waals surface area contributed by atoms with Crippen LogP contribution in [0.15, 0.2) is 17.0 Å². The largest absolute Gasteiger partial charge is 0.493 e. The third-order valence-electron chi connectivity index (χ3n) is 3.52. The topological polar surface area (TPSA) is 44.5 Å². The molecule has 0 saturated heterocycles. The van der Waals surface area contributed by atoms with Crippen LogP contribution in [0.5, 0.6) is 11.5 Å². The molecule has 1 aliphatic rings. The molecule has 1 fully saturated rings. The van der Waals surface area contributed by atoms with E-state index in [1.165, 1.54) is 23.3 Å². The van der Waals surface area contributed by atoms with Crippen LogP contribution in [0.4, 0.5) is 0 Å². The number of thioether (sulfide) groups is 1. The molecule has 0 aromatic heterocycles. The van der Waals surface area contributed by atoms with Crippen molar-refractivity contribution in [1.29, 1.82) is 0 Å². The van der Waals surface area contributed by atoms with Crippen LogP contribution in [0.1, 0.15) is 18.4 Å². The number of hydrogen-bond acceptors (Lipinski definition) is 4. The Morgan fingerprint density at radius 2 is 1.82 bits per heavy atom. The highest BCUT2D eigenvalue weighted by atomic mass is 32.2. The van der Waals surface area contributed by atoms with Crippen molar-refractivity contribution in [1.82, 2.24) is 0 Å². The van der Waals surface area contributed by atoms with Gasteiger partial charge in [0.25, 0.3) is 0 Å². The van der Waals surface area contributed by atoms with Gasteiger partial charge in [-0.2, -0.15) is 0 Å². The fourth-order valence-electron chi connectivity index (χ4n) is 2.18. The summed E-state index contributed by atoms with van der Waals surface area (Å²) >= 11 is 1.74. The third-order valence-corrected chi connectivity index (χ3v) is 4.30. The molecule has 2 N–H and O–H groups in total. The van der Waals surface area contributed by atoms with E-state index < -0.39 is 0 Å². The van der Waals surface area contributed by atoms with Crippen molar-refractivity contribution >= 4 is 11.8 Å². The monoisotopic (exact) mass is 253 g/mol. The van der Waals surface area contributed by atoms with Gasteiger partial charge in [0.2, 0.25) is 0 Å². The first-order valence-electron chi connectivity index (χ1n) is 5.71. The van der Waals surface area contributed by atoms with Gasteiger partial charge in [-0.1, -0.05) is 0 Å². The SMILES string of the molecule is COc1cc(SC)c(C2(CN)CC2)cc1OC. The van der Waals surface area contributed by atoms with E-state index in [9.17, 15) is 0 Å². The molecule has 1 aliphatic carbocycles. The number of benzene rings is 1. The molecule has 0 amide bonds. The van der Waals surface area contributed by atoms with E-state index in [0.29, 0.717) is 6.54 Å².